The quantitative estimate of drug-likeness (QED) is 0.565. The van der Waals surface area contributed by atoms with Crippen LogP contribution in [0.15, 0.2) is 0 Å². The van der Waals surface area contributed by atoms with E-state index < -0.39 is 0 Å². The van der Waals surface area contributed by atoms with Gasteiger partial charge in [0.15, 0.2) is 0 Å². The molecule has 2 saturated heterocycles. The lowest BCUT2D eigenvalue weighted by atomic mass is 10.0. The van der Waals surface area contributed by atoms with Crippen LogP contribution in [-0.4, -0.2) is 55.0 Å². The van der Waals surface area contributed by atoms with Crippen molar-refractivity contribution in [3.8, 4) is 0 Å². The number of nitrogens with two attached hydrogens (primary N) is 1. The van der Waals surface area contributed by atoms with Gasteiger partial charge in [-0.15, -0.1) is 0 Å². The molecule has 2 rings (SSSR count). The van der Waals surface area contributed by atoms with E-state index in [0.717, 1.165) is 19.6 Å². The van der Waals surface area contributed by atoms with Gasteiger partial charge in [-0.25, -0.2) is 0 Å². The molecule has 4 heteroatoms. The molecular formula is C9H17N3O. The molecule has 2 atom stereocenters. The maximum Gasteiger partial charge on any atom is 0.241 e. The monoisotopic (exact) mass is 183 g/mol. The zero-order chi connectivity index (χ0) is 9.42. The van der Waals surface area contributed by atoms with Gasteiger partial charge in [0.1, 0.15) is 6.04 Å². The molecule has 2 unspecified atom stereocenters. The first kappa shape index (κ1) is 8.97. The average Bonchev–Trinajstić information content (AvgIpc) is 2.50. The summed E-state index contributed by atoms with van der Waals surface area (Å²) in [5.74, 6) is 0.802. The number of carbonyl (C=O) groups excluding carboxylic acids is 1. The summed E-state index contributed by atoms with van der Waals surface area (Å²) in [6, 6.07) is -0.209. The Morgan fingerprint density at radius 1 is 1.54 bits per heavy atom. The number of β-lactam (4-membered cyclic amide) rings is 1. The van der Waals surface area contributed by atoms with Crippen molar-refractivity contribution in [1.29, 1.82) is 0 Å². The summed E-state index contributed by atoms with van der Waals surface area (Å²) in [5, 5.41) is 0. The van der Waals surface area contributed by atoms with E-state index in [1.807, 2.05) is 4.90 Å². The third kappa shape index (κ3) is 1.69. The van der Waals surface area contributed by atoms with Crippen LogP contribution in [0.4, 0.5) is 0 Å². The van der Waals surface area contributed by atoms with E-state index in [0.29, 0.717) is 5.92 Å². The number of nitrogens with zero attached hydrogens (tertiary/aromatic N) is 2. The smallest absolute Gasteiger partial charge is 0.241 e. The van der Waals surface area contributed by atoms with E-state index in [-0.39, 0.29) is 11.9 Å². The van der Waals surface area contributed by atoms with E-state index in [4.69, 9.17) is 5.73 Å². The van der Waals surface area contributed by atoms with Crippen LogP contribution in [0, 0.1) is 5.92 Å². The first-order valence-corrected chi connectivity index (χ1v) is 4.89. The van der Waals surface area contributed by atoms with E-state index in [1.54, 1.807) is 0 Å². The van der Waals surface area contributed by atoms with Gasteiger partial charge < -0.3 is 15.5 Å². The maximum absolute atomic E-state index is 11.2. The van der Waals surface area contributed by atoms with Crippen LogP contribution < -0.4 is 5.73 Å². The van der Waals surface area contributed by atoms with Gasteiger partial charge >= 0.3 is 0 Å². The Hall–Kier alpha value is -0.610. The van der Waals surface area contributed by atoms with Crippen molar-refractivity contribution in [2.75, 3.05) is 33.2 Å². The van der Waals surface area contributed by atoms with Crippen LogP contribution in [0.1, 0.15) is 6.42 Å². The molecule has 2 fully saturated rings. The van der Waals surface area contributed by atoms with Crippen LogP contribution in [-0.2, 0) is 4.79 Å². The first-order valence-electron chi connectivity index (χ1n) is 4.89. The molecule has 13 heavy (non-hydrogen) atoms. The minimum Gasteiger partial charge on any atom is -0.339 e. The molecule has 1 amide bonds. The van der Waals surface area contributed by atoms with Gasteiger partial charge in [-0.2, -0.15) is 0 Å². The Bertz CT molecular complexity index is 219. The van der Waals surface area contributed by atoms with E-state index in [2.05, 4.69) is 11.9 Å². The molecule has 0 saturated carbocycles. The molecular weight excluding hydrogens is 166 g/mol. The summed E-state index contributed by atoms with van der Waals surface area (Å²) < 4.78 is 0. The van der Waals surface area contributed by atoms with Crippen molar-refractivity contribution in [3.05, 3.63) is 0 Å². The summed E-state index contributed by atoms with van der Waals surface area (Å²) in [6.45, 7) is 3.97. The predicted octanol–water partition coefficient (Wildman–Crippen LogP) is -0.892. The molecule has 0 aromatic carbocycles. The van der Waals surface area contributed by atoms with Gasteiger partial charge in [-0.1, -0.05) is 0 Å². The molecule has 0 radical (unpaired) electrons. The number of likely N-dealkylation sites (tertiary alicyclic amines) is 2. The highest BCUT2D eigenvalue weighted by Gasteiger charge is 2.35. The Morgan fingerprint density at radius 3 is 2.77 bits per heavy atom. The molecule has 0 aromatic heterocycles. The average molecular weight is 183 g/mol. The summed E-state index contributed by atoms with van der Waals surface area (Å²) in [5.41, 5.74) is 5.51. The molecule has 0 aromatic rings. The minimum atomic E-state index is -0.209. The molecule has 0 spiro atoms. The molecule has 74 valence electrons. The SMILES string of the molecule is CN1CCC(CN2CC(N)C2=O)C1. The summed E-state index contributed by atoms with van der Waals surface area (Å²) in [6.07, 6.45) is 1.22. The fraction of sp³-hybridized carbons (Fsp3) is 0.889. The van der Waals surface area contributed by atoms with Gasteiger partial charge in [0.05, 0.1) is 0 Å². The fourth-order valence-electron chi connectivity index (χ4n) is 2.18. The van der Waals surface area contributed by atoms with Crippen LogP contribution >= 0.6 is 0 Å². The second-order valence-electron chi connectivity index (χ2n) is 4.27. The summed E-state index contributed by atoms with van der Waals surface area (Å²) >= 11 is 0. The molecule has 2 aliphatic heterocycles. The Balaban J connectivity index is 1.77. The largest absolute Gasteiger partial charge is 0.339 e. The molecule has 0 aliphatic carbocycles. The zero-order valence-electron chi connectivity index (χ0n) is 8.07. The molecule has 2 heterocycles. The van der Waals surface area contributed by atoms with Crippen LogP contribution in [0.5, 0.6) is 0 Å². The zero-order valence-corrected chi connectivity index (χ0v) is 8.07. The second-order valence-corrected chi connectivity index (χ2v) is 4.27. The minimum absolute atomic E-state index is 0.134. The number of hydrogen-bond acceptors (Lipinski definition) is 3. The van der Waals surface area contributed by atoms with E-state index >= 15 is 0 Å². The topological polar surface area (TPSA) is 49.6 Å². The number of rotatable bonds is 2. The van der Waals surface area contributed by atoms with Gasteiger partial charge in [0.25, 0.3) is 0 Å². The maximum atomic E-state index is 11.2. The van der Waals surface area contributed by atoms with Gasteiger partial charge in [-0.3, -0.25) is 4.79 Å². The van der Waals surface area contributed by atoms with Crippen molar-refractivity contribution in [3.63, 3.8) is 0 Å². The lowest BCUT2D eigenvalue weighted by Gasteiger charge is -2.37. The fourth-order valence-corrected chi connectivity index (χ4v) is 2.18. The third-order valence-corrected chi connectivity index (χ3v) is 3.01. The van der Waals surface area contributed by atoms with Crippen molar-refractivity contribution >= 4 is 5.91 Å². The molecule has 2 N–H and O–H groups in total. The molecule has 4 nitrogen and oxygen atoms in total. The van der Waals surface area contributed by atoms with E-state index in [9.17, 15) is 4.79 Å². The highest BCUT2D eigenvalue weighted by Crippen LogP contribution is 2.18. The predicted molar refractivity (Wildman–Crippen MR) is 50.2 cm³/mol. The Morgan fingerprint density at radius 2 is 2.31 bits per heavy atom. The normalized spacial score (nSPS) is 35.2. The Labute approximate surface area is 78.7 Å². The highest BCUT2D eigenvalue weighted by molar-refractivity contribution is 5.87. The van der Waals surface area contributed by atoms with Crippen LogP contribution in [0.25, 0.3) is 0 Å². The van der Waals surface area contributed by atoms with Crippen LogP contribution in [0.3, 0.4) is 0 Å². The van der Waals surface area contributed by atoms with Crippen molar-refractivity contribution in [1.82, 2.24) is 9.80 Å². The molecule has 2 aliphatic rings. The van der Waals surface area contributed by atoms with Crippen LogP contribution in [0.2, 0.25) is 0 Å². The Kier molecular flexibility index (Phi) is 2.26. The lowest BCUT2D eigenvalue weighted by molar-refractivity contribution is -0.143. The lowest BCUT2D eigenvalue weighted by Crippen LogP contribution is -2.61. The van der Waals surface area contributed by atoms with Gasteiger partial charge in [-0.05, 0) is 25.9 Å². The van der Waals surface area contributed by atoms with E-state index in [1.165, 1.54) is 13.0 Å². The summed E-state index contributed by atoms with van der Waals surface area (Å²) in [7, 11) is 2.13. The van der Waals surface area contributed by atoms with Gasteiger partial charge in [0.2, 0.25) is 5.91 Å². The second kappa shape index (κ2) is 3.27. The van der Waals surface area contributed by atoms with Crippen molar-refractivity contribution in [2.45, 2.75) is 12.5 Å². The summed E-state index contributed by atoms with van der Waals surface area (Å²) in [4.78, 5) is 15.4. The van der Waals surface area contributed by atoms with Crippen molar-refractivity contribution in [2.24, 2.45) is 11.7 Å². The first-order chi connectivity index (χ1) is 6.16. The standard InChI is InChI=1S/C9H17N3O/c1-11-3-2-7(4-11)5-12-6-8(10)9(12)13/h7-8H,2-6,10H2,1H3. The number of amides is 1. The van der Waals surface area contributed by atoms with Gasteiger partial charge in [0, 0.05) is 19.6 Å². The number of hydrogen-bond donors (Lipinski definition) is 1. The third-order valence-electron chi connectivity index (χ3n) is 3.01. The van der Waals surface area contributed by atoms with Crippen molar-refractivity contribution < 1.29 is 4.79 Å². The highest BCUT2D eigenvalue weighted by atomic mass is 16.2. The number of carbonyl (C=O) groups is 1. The molecule has 0 bridgehead atoms.